The molecule has 104 valence electrons. The summed E-state index contributed by atoms with van der Waals surface area (Å²) in [7, 11) is 3.05. The van der Waals surface area contributed by atoms with Crippen molar-refractivity contribution in [2.75, 3.05) is 26.1 Å². The number of nitrogens with one attached hydrogen (secondary N) is 2. The molecule has 0 radical (unpaired) electrons. The molecule has 19 heavy (non-hydrogen) atoms. The van der Waals surface area contributed by atoms with Gasteiger partial charge in [-0.25, -0.2) is 0 Å². The van der Waals surface area contributed by atoms with Crippen LogP contribution >= 0.6 is 0 Å². The molecule has 6 nitrogen and oxygen atoms in total. The topological polar surface area (TPSA) is 76.7 Å². The normalized spacial score (nSPS) is 9.63. The number of carbonyl (C=O) groups excluding carboxylic acids is 2. The van der Waals surface area contributed by atoms with Crippen molar-refractivity contribution in [3.63, 3.8) is 0 Å². The number of hydrogen-bond donors (Lipinski definition) is 2. The molecule has 1 aromatic carbocycles. The highest BCUT2D eigenvalue weighted by Gasteiger charge is 2.09. The number of rotatable bonds is 6. The number of anilines is 1. The Morgan fingerprint density at radius 3 is 2.47 bits per heavy atom. The molecule has 0 aliphatic rings. The van der Waals surface area contributed by atoms with Crippen LogP contribution in [-0.2, 0) is 9.59 Å². The summed E-state index contributed by atoms with van der Waals surface area (Å²) in [4.78, 5) is 22.7. The first-order chi connectivity index (χ1) is 9.10. The van der Waals surface area contributed by atoms with Crippen LogP contribution in [0.15, 0.2) is 18.2 Å². The fourth-order valence-electron chi connectivity index (χ4n) is 1.40. The highest BCUT2D eigenvalue weighted by atomic mass is 16.5. The van der Waals surface area contributed by atoms with Gasteiger partial charge in [0.2, 0.25) is 11.8 Å². The minimum absolute atomic E-state index is 0.0676. The molecule has 0 spiro atoms. The minimum atomic E-state index is -0.315. The van der Waals surface area contributed by atoms with Gasteiger partial charge in [0, 0.05) is 12.5 Å². The third kappa shape index (κ3) is 4.50. The Kier molecular flexibility index (Phi) is 5.66. The second-order valence-corrected chi connectivity index (χ2v) is 3.74. The van der Waals surface area contributed by atoms with E-state index in [0.717, 1.165) is 0 Å². The highest BCUT2D eigenvalue weighted by Crippen LogP contribution is 2.28. The zero-order valence-corrected chi connectivity index (χ0v) is 11.3. The van der Waals surface area contributed by atoms with Gasteiger partial charge in [-0.1, -0.05) is 6.92 Å². The lowest BCUT2D eigenvalue weighted by Crippen LogP contribution is -2.32. The monoisotopic (exact) mass is 266 g/mol. The van der Waals surface area contributed by atoms with Crippen LogP contribution in [0.5, 0.6) is 11.5 Å². The number of methoxy groups -OCH3 is 2. The van der Waals surface area contributed by atoms with Gasteiger partial charge in [0.25, 0.3) is 0 Å². The lowest BCUT2D eigenvalue weighted by Gasteiger charge is -2.11. The first-order valence-corrected chi connectivity index (χ1v) is 5.89. The zero-order valence-electron chi connectivity index (χ0n) is 11.3. The summed E-state index contributed by atoms with van der Waals surface area (Å²) < 4.78 is 10.2. The number of amides is 2. The van der Waals surface area contributed by atoms with E-state index < -0.39 is 0 Å². The van der Waals surface area contributed by atoms with E-state index in [-0.39, 0.29) is 18.4 Å². The van der Waals surface area contributed by atoms with Crippen molar-refractivity contribution in [3.05, 3.63) is 18.2 Å². The Hall–Kier alpha value is -2.24. The highest BCUT2D eigenvalue weighted by molar-refractivity contribution is 5.95. The van der Waals surface area contributed by atoms with E-state index in [0.29, 0.717) is 23.6 Å². The lowest BCUT2D eigenvalue weighted by atomic mass is 10.2. The molecule has 1 rings (SSSR count). The van der Waals surface area contributed by atoms with Crippen molar-refractivity contribution in [3.8, 4) is 11.5 Å². The molecule has 0 fully saturated rings. The maximum atomic E-state index is 11.6. The Labute approximate surface area is 112 Å². The Bertz CT molecular complexity index is 460. The van der Waals surface area contributed by atoms with Crippen LogP contribution in [0.25, 0.3) is 0 Å². The Morgan fingerprint density at radius 2 is 1.89 bits per heavy atom. The summed E-state index contributed by atoms with van der Waals surface area (Å²) in [5.41, 5.74) is 0.527. The van der Waals surface area contributed by atoms with E-state index >= 15 is 0 Å². The molecule has 0 aliphatic heterocycles. The van der Waals surface area contributed by atoms with Gasteiger partial charge in [0.1, 0.15) is 11.5 Å². The quantitative estimate of drug-likeness (QED) is 0.810. The Balaban J connectivity index is 2.65. The summed E-state index contributed by atoms with van der Waals surface area (Å²) in [6.45, 7) is 1.65. The SMILES string of the molecule is CCC(=O)NCC(=O)Nc1ccc(OC)cc1OC. The van der Waals surface area contributed by atoms with E-state index in [4.69, 9.17) is 9.47 Å². The number of carbonyl (C=O) groups is 2. The van der Waals surface area contributed by atoms with Gasteiger partial charge in [-0.3, -0.25) is 9.59 Å². The average Bonchev–Trinajstić information content (AvgIpc) is 2.45. The summed E-state index contributed by atoms with van der Waals surface area (Å²) in [5, 5.41) is 5.15. The molecule has 0 bridgehead atoms. The second kappa shape index (κ2) is 7.25. The third-order valence-electron chi connectivity index (χ3n) is 2.45. The van der Waals surface area contributed by atoms with Gasteiger partial charge >= 0.3 is 0 Å². The molecule has 0 atom stereocenters. The zero-order chi connectivity index (χ0) is 14.3. The van der Waals surface area contributed by atoms with Crippen LogP contribution < -0.4 is 20.1 Å². The average molecular weight is 266 g/mol. The van der Waals surface area contributed by atoms with Crippen LogP contribution in [0, 0.1) is 0 Å². The van der Waals surface area contributed by atoms with E-state index in [9.17, 15) is 9.59 Å². The second-order valence-electron chi connectivity index (χ2n) is 3.74. The molecule has 2 amide bonds. The van der Waals surface area contributed by atoms with Crippen LogP contribution in [0.3, 0.4) is 0 Å². The number of benzene rings is 1. The van der Waals surface area contributed by atoms with E-state index in [2.05, 4.69) is 10.6 Å². The largest absolute Gasteiger partial charge is 0.497 e. The van der Waals surface area contributed by atoms with E-state index in [1.165, 1.54) is 7.11 Å². The van der Waals surface area contributed by atoms with Crippen LogP contribution in [0.2, 0.25) is 0 Å². The van der Waals surface area contributed by atoms with Crippen molar-refractivity contribution >= 4 is 17.5 Å². The van der Waals surface area contributed by atoms with E-state index in [1.54, 1.807) is 32.2 Å². The fourth-order valence-corrected chi connectivity index (χ4v) is 1.40. The van der Waals surface area contributed by atoms with Gasteiger partial charge in [-0.2, -0.15) is 0 Å². The van der Waals surface area contributed by atoms with Gasteiger partial charge in [-0.15, -0.1) is 0 Å². The molecule has 1 aromatic rings. The van der Waals surface area contributed by atoms with Crippen molar-refractivity contribution < 1.29 is 19.1 Å². The first kappa shape index (κ1) is 14.8. The van der Waals surface area contributed by atoms with Gasteiger partial charge in [-0.05, 0) is 12.1 Å². The van der Waals surface area contributed by atoms with Crippen molar-refractivity contribution in [1.29, 1.82) is 0 Å². The summed E-state index contributed by atoms with van der Waals surface area (Å²) in [5.74, 6) is 0.644. The maximum absolute atomic E-state index is 11.6. The predicted molar refractivity (Wildman–Crippen MR) is 71.5 cm³/mol. The van der Waals surface area contributed by atoms with Crippen molar-refractivity contribution in [2.24, 2.45) is 0 Å². The molecule has 0 saturated heterocycles. The summed E-state index contributed by atoms with van der Waals surface area (Å²) in [6, 6.07) is 5.06. The molecule has 0 saturated carbocycles. The molecule has 0 aliphatic carbocycles. The van der Waals surface area contributed by atoms with Crippen molar-refractivity contribution in [2.45, 2.75) is 13.3 Å². The van der Waals surface area contributed by atoms with E-state index in [1.807, 2.05) is 0 Å². The number of hydrogen-bond acceptors (Lipinski definition) is 4. The first-order valence-electron chi connectivity index (χ1n) is 5.89. The third-order valence-corrected chi connectivity index (χ3v) is 2.45. The standard InChI is InChI=1S/C13H18N2O4/c1-4-12(16)14-8-13(17)15-10-6-5-9(18-2)7-11(10)19-3/h5-7H,4,8H2,1-3H3,(H,14,16)(H,15,17). The van der Waals surface area contributed by atoms with Gasteiger partial charge in [0.15, 0.2) is 0 Å². The molecular weight excluding hydrogens is 248 g/mol. The lowest BCUT2D eigenvalue weighted by molar-refractivity contribution is -0.123. The molecular formula is C13H18N2O4. The van der Waals surface area contributed by atoms with Crippen LogP contribution in [0.4, 0.5) is 5.69 Å². The Morgan fingerprint density at radius 1 is 1.16 bits per heavy atom. The summed E-state index contributed by atoms with van der Waals surface area (Å²) in [6.07, 6.45) is 0.346. The maximum Gasteiger partial charge on any atom is 0.243 e. The van der Waals surface area contributed by atoms with Gasteiger partial charge < -0.3 is 20.1 Å². The number of ether oxygens (including phenoxy) is 2. The minimum Gasteiger partial charge on any atom is -0.497 e. The molecule has 0 aromatic heterocycles. The van der Waals surface area contributed by atoms with Crippen LogP contribution in [0.1, 0.15) is 13.3 Å². The fraction of sp³-hybridized carbons (Fsp3) is 0.385. The van der Waals surface area contributed by atoms with Crippen LogP contribution in [-0.4, -0.2) is 32.6 Å². The van der Waals surface area contributed by atoms with Crippen molar-refractivity contribution in [1.82, 2.24) is 5.32 Å². The predicted octanol–water partition coefficient (Wildman–Crippen LogP) is 1.17. The summed E-state index contributed by atoms with van der Waals surface area (Å²) >= 11 is 0. The molecule has 6 heteroatoms. The molecule has 2 N–H and O–H groups in total. The van der Waals surface area contributed by atoms with Gasteiger partial charge in [0.05, 0.1) is 26.5 Å². The molecule has 0 unspecified atom stereocenters. The smallest absolute Gasteiger partial charge is 0.243 e. The molecule has 0 heterocycles.